The third-order valence-electron chi connectivity index (χ3n) is 4.54. The van der Waals surface area contributed by atoms with Gasteiger partial charge in [-0.25, -0.2) is 4.68 Å². The molecule has 2 heterocycles. The maximum absolute atomic E-state index is 11.8. The van der Waals surface area contributed by atoms with Gasteiger partial charge in [0.2, 0.25) is 11.8 Å². The van der Waals surface area contributed by atoms with Crippen LogP contribution in [0.25, 0.3) is 0 Å². The molecular formula is C19H26N4O2. The molecule has 1 amide bonds. The lowest BCUT2D eigenvalue weighted by Crippen LogP contribution is -2.39. The van der Waals surface area contributed by atoms with Crippen LogP contribution in [0.3, 0.4) is 0 Å². The number of benzene rings is 1. The quantitative estimate of drug-likeness (QED) is 0.840. The van der Waals surface area contributed by atoms with E-state index < -0.39 is 0 Å². The van der Waals surface area contributed by atoms with Crippen molar-refractivity contribution in [3.05, 3.63) is 41.6 Å². The van der Waals surface area contributed by atoms with Gasteiger partial charge in [-0.15, -0.1) is 0 Å². The smallest absolute Gasteiger partial charge is 0.222 e. The summed E-state index contributed by atoms with van der Waals surface area (Å²) in [5.41, 5.74) is 2.00. The number of carbonyl (C=O) groups excluding carboxylic acids is 1. The topological polar surface area (TPSA) is 59.4 Å². The van der Waals surface area contributed by atoms with Gasteiger partial charge >= 0.3 is 0 Å². The number of nitrogens with zero attached hydrogens (tertiary/aromatic N) is 3. The van der Waals surface area contributed by atoms with Gasteiger partial charge in [-0.3, -0.25) is 4.79 Å². The fraction of sp³-hybridized carbons (Fsp3) is 0.474. The van der Waals surface area contributed by atoms with Gasteiger partial charge in [0.15, 0.2) is 0 Å². The molecule has 1 aliphatic heterocycles. The Morgan fingerprint density at radius 2 is 2.08 bits per heavy atom. The molecule has 1 aromatic carbocycles. The average Bonchev–Trinajstić information content (AvgIpc) is 3.10. The zero-order chi connectivity index (χ0) is 17.8. The second-order valence-electron chi connectivity index (χ2n) is 6.63. The lowest BCUT2D eigenvalue weighted by Gasteiger charge is -2.22. The molecule has 1 aromatic heterocycles. The first-order chi connectivity index (χ1) is 12.0. The largest absolute Gasteiger partial charge is 0.439 e. The Morgan fingerprint density at radius 1 is 1.32 bits per heavy atom. The van der Waals surface area contributed by atoms with Crippen molar-refractivity contribution in [3.8, 4) is 11.6 Å². The second kappa shape index (κ2) is 7.70. The van der Waals surface area contributed by atoms with Crippen molar-refractivity contribution < 1.29 is 9.53 Å². The Bertz CT molecular complexity index is 727. The molecule has 1 unspecified atom stereocenters. The molecule has 0 radical (unpaired) electrons. The van der Waals surface area contributed by atoms with E-state index in [9.17, 15) is 4.79 Å². The van der Waals surface area contributed by atoms with E-state index >= 15 is 0 Å². The summed E-state index contributed by atoms with van der Waals surface area (Å²) >= 11 is 0. The maximum atomic E-state index is 11.8. The summed E-state index contributed by atoms with van der Waals surface area (Å²) in [6, 6.07) is 9.94. The molecule has 1 N–H and O–H groups in total. The minimum Gasteiger partial charge on any atom is -0.439 e. The first-order valence-electron chi connectivity index (χ1n) is 8.81. The number of ether oxygens (including phenoxy) is 1. The molecule has 2 aromatic rings. The summed E-state index contributed by atoms with van der Waals surface area (Å²) < 4.78 is 7.81. The van der Waals surface area contributed by atoms with Crippen molar-refractivity contribution in [2.45, 2.75) is 39.3 Å². The standard InChI is InChI=1S/C19H26N4O2/c1-14(13-23-11-7-10-18(23)24)20-12-17-15(2)21-22(3)19(17)25-16-8-5-4-6-9-16/h4-6,8-9,14,20H,7,10-13H2,1-3H3. The minimum atomic E-state index is 0.214. The van der Waals surface area contributed by atoms with Gasteiger partial charge in [-0.2, -0.15) is 5.10 Å². The highest BCUT2D eigenvalue weighted by Crippen LogP contribution is 2.27. The number of likely N-dealkylation sites (tertiary alicyclic amines) is 1. The lowest BCUT2D eigenvalue weighted by molar-refractivity contribution is -0.127. The monoisotopic (exact) mass is 342 g/mol. The first kappa shape index (κ1) is 17.5. The Kier molecular flexibility index (Phi) is 5.38. The van der Waals surface area contributed by atoms with E-state index in [1.807, 2.05) is 49.2 Å². The minimum absolute atomic E-state index is 0.214. The zero-order valence-corrected chi connectivity index (χ0v) is 15.2. The number of amides is 1. The van der Waals surface area contributed by atoms with Crippen LogP contribution in [0, 0.1) is 6.92 Å². The van der Waals surface area contributed by atoms with E-state index in [-0.39, 0.29) is 11.9 Å². The molecule has 0 saturated carbocycles. The summed E-state index contributed by atoms with van der Waals surface area (Å²) in [5, 5.41) is 7.99. The third kappa shape index (κ3) is 4.20. The van der Waals surface area contributed by atoms with Gasteiger partial charge in [0.1, 0.15) is 5.75 Å². The third-order valence-corrected chi connectivity index (χ3v) is 4.54. The van der Waals surface area contributed by atoms with Crippen molar-refractivity contribution in [1.29, 1.82) is 0 Å². The van der Waals surface area contributed by atoms with Crippen LogP contribution in [0.5, 0.6) is 11.6 Å². The van der Waals surface area contributed by atoms with Crippen LogP contribution in [-0.2, 0) is 18.4 Å². The highest BCUT2D eigenvalue weighted by Gasteiger charge is 2.22. The lowest BCUT2D eigenvalue weighted by atomic mass is 10.2. The fourth-order valence-electron chi connectivity index (χ4n) is 3.18. The Hall–Kier alpha value is -2.34. The van der Waals surface area contributed by atoms with E-state index in [4.69, 9.17) is 4.74 Å². The molecular weight excluding hydrogens is 316 g/mol. The molecule has 1 atom stereocenters. The summed E-state index contributed by atoms with van der Waals surface area (Å²) in [5.74, 6) is 1.81. The van der Waals surface area contributed by atoms with Gasteiger partial charge in [-0.05, 0) is 32.4 Å². The Labute approximate surface area is 148 Å². The predicted octanol–water partition coefficient (Wildman–Crippen LogP) is 2.62. The number of aryl methyl sites for hydroxylation is 2. The highest BCUT2D eigenvalue weighted by molar-refractivity contribution is 5.78. The van der Waals surface area contributed by atoms with Crippen LogP contribution < -0.4 is 10.1 Å². The van der Waals surface area contributed by atoms with Crippen LogP contribution in [-0.4, -0.2) is 39.7 Å². The Balaban J connectivity index is 1.64. The van der Waals surface area contributed by atoms with Crippen molar-refractivity contribution in [2.75, 3.05) is 13.1 Å². The van der Waals surface area contributed by atoms with Crippen molar-refractivity contribution >= 4 is 5.91 Å². The molecule has 6 heteroatoms. The molecule has 0 spiro atoms. The average molecular weight is 342 g/mol. The number of aromatic nitrogens is 2. The second-order valence-corrected chi connectivity index (χ2v) is 6.63. The molecule has 6 nitrogen and oxygen atoms in total. The highest BCUT2D eigenvalue weighted by atomic mass is 16.5. The summed E-state index contributed by atoms with van der Waals surface area (Å²) in [6.45, 7) is 6.37. The molecule has 0 aliphatic carbocycles. The molecule has 1 saturated heterocycles. The van der Waals surface area contributed by atoms with Crippen molar-refractivity contribution in [3.63, 3.8) is 0 Å². The van der Waals surface area contributed by atoms with E-state index in [1.165, 1.54) is 0 Å². The van der Waals surface area contributed by atoms with Crippen LogP contribution in [0.2, 0.25) is 0 Å². The van der Waals surface area contributed by atoms with Gasteiger partial charge in [0, 0.05) is 39.1 Å². The van der Waals surface area contributed by atoms with E-state index in [0.717, 1.165) is 42.4 Å². The van der Waals surface area contributed by atoms with E-state index in [2.05, 4.69) is 17.3 Å². The van der Waals surface area contributed by atoms with Crippen LogP contribution in [0.1, 0.15) is 31.0 Å². The van der Waals surface area contributed by atoms with Crippen LogP contribution >= 0.6 is 0 Å². The predicted molar refractivity (Wildman–Crippen MR) is 96.6 cm³/mol. The number of carbonyl (C=O) groups is 1. The van der Waals surface area contributed by atoms with Gasteiger partial charge in [0.05, 0.1) is 11.3 Å². The number of hydrogen-bond acceptors (Lipinski definition) is 4. The Morgan fingerprint density at radius 3 is 2.76 bits per heavy atom. The summed E-state index contributed by atoms with van der Waals surface area (Å²) in [6.07, 6.45) is 1.66. The maximum Gasteiger partial charge on any atom is 0.222 e. The van der Waals surface area contributed by atoms with Crippen molar-refractivity contribution in [2.24, 2.45) is 7.05 Å². The first-order valence-corrected chi connectivity index (χ1v) is 8.81. The zero-order valence-electron chi connectivity index (χ0n) is 15.2. The summed E-state index contributed by atoms with van der Waals surface area (Å²) in [7, 11) is 1.89. The molecule has 134 valence electrons. The van der Waals surface area contributed by atoms with E-state index in [0.29, 0.717) is 13.0 Å². The number of hydrogen-bond donors (Lipinski definition) is 1. The molecule has 1 fully saturated rings. The normalized spacial score (nSPS) is 15.6. The fourth-order valence-corrected chi connectivity index (χ4v) is 3.18. The number of para-hydroxylation sites is 1. The molecule has 1 aliphatic rings. The molecule has 0 bridgehead atoms. The van der Waals surface area contributed by atoms with Crippen molar-refractivity contribution in [1.82, 2.24) is 20.0 Å². The van der Waals surface area contributed by atoms with E-state index in [1.54, 1.807) is 4.68 Å². The van der Waals surface area contributed by atoms with Crippen LogP contribution in [0.15, 0.2) is 30.3 Å². The SMILES string of the molecule is Cc1nn(C)c(Oc2ccccc2)c1CNC(C)CN1CCCC1=O. The number of rotatable bonds is 7. The van der Waals surface area contributed by atoms with Gasteiger partial charge in [0.25, 0.3) is 0 Å². The van der Waals surface area contributed by atoms with Gasteiger partial charge < -0.3 is 15.0 Å². The molecule has 25 heavy (non-hydrogen) atoms. The molecule has 3 rings (SSSR count). The van der Waals surface area contributed by atoms with Crippen LogP contribution in [0.4, 0.5) is 0 Å². The number of nitrogens with one attached hydrogen (secondary N) is 1. The summed E-state index contributed by atoms with van der Waals surface area (Å²) in [4.78, 5) is 13.7. The van der Waals surface area contributed by atoms with Gasteiger partial charge in [-0.1, -0.05) is 18.2 Å².